The second-order valence-electron chi connectivity index (χ2n) is 7.40. The molecule has 0 bridgehead atoms. The molecule has 4 aromatic rings. The van der Waals surface area contributed by atoms with Crippen LogP contribution in [-0.2, 0) is 0 Å². The first kappa shape index (κ1) is 21.3. The molecule has 2 heterocycles. The van der Waals surface area contributed by atoms with E-state index in [1.807, 2.05) is 25.1 Å². The summed E-state index contributed by atoms with van der Waals surface area (Å²) in [4.78, 5) is 9.03. The summed E-state index contributed by atoms with van der Waals surface area (Å²) in [5.74, 6) is -0.522. The van der Waals surface area contributed by atoms with Crippen LogP contribution in [0.25, 0.3) is 21.2 Å². The molecule has 2 atom stereocenters. The molecule has 2 aromatic carbocycles. The monoisotopic (exact) mass is 442 g/mol. The standard InChI is InChI=1S/C23H21F3N4S/c1-13(14-2-4-15(5-3-14)22(25)26)19(27)11-29-23-30-12-20(31-23)16-6-7-17-10-28-21(24)9-18(17)8-16/h2-10,12-13,19,22H,11,27H2,1H3,(H,29,30)/t13?,19-/m1/s1. The lowest BCUT2D eigenvalue weighted by molar-refractivity contribution is 0.151. The summed E-state index contributed by atoms with van der Waals surface area (Å²) in [5, 5.41) is 5.63. The molecule has 2 aromatic heterocycles. The summed E-state index contributed by atoms with van der Waals surface area (Å²) >= 11 is 1.48. The summed E-state index contributed by atoms with van der Waals surface area (Å²) in [6.07, 6.45) is 0.804. The van der Waals surface area contributed by atoms with Crippen LogP contribution in [-0.4, -0.2) is 22.6 Å². The van der Waals surface area contributed by atoms with Gasteiger partial charge in [0.15, 0.2) is 5.13 Å². The number of anilines is 1. The second kappa shape index (κ2) is 9.03. The number of alkyl halides is 2. The number of hydrogen-bond acceptors (Lipinski definition) is 5. The molecule has 3 N–H and O–H groups in total. The molecule has 0 aliphatic carbocycles. The highest BCUT2D eigenvalue weighted by Gasteiger charge is 2.16. The van der Waals surface area contributed by atoms with Crippen molar-refractivity contribution >= 4 is 27.2 Å². The van der Waals surface area contributed by atoms with E-state index in [1.54, 1.807) is 18.3 Å². The highest BCUT2D eigenvalue weighted by molar-refractivity contribution is 7.18. The Bertz CT molecular complexity index is 1180. The van der Waals surface area contributed by atoms with E-state index >= 15 is 0 Å². The number of fused-ring (bicyclic) bond motifs is 1. The predicted octanol–water partition coefficient (Wildman–Crippen LogP) is 5.98. The summed E-state index contributed by atoms with van der Waals surface area (Å²) in [6, 6.07) is 13.2. The summed E-state index contributed by atoms with van der Waals surface area (Å²) < 4.78 is 38.9. The van der Waals surface area contributed by atoms with E-state index in [4.69, 9.17) is 5.73 Å². The van der Waals surface area contributed by atoms with Gasteiger partial charge in [-0.3, -0.25) is 0 Å². The van der Waals surface area contributed by atoms with E-state index in [1.165, 1.54) is 35.7 Å². The fraction of sp³-hybridized carbons (Fsp3) is 0.217. The Morgan fingerprint density at radius 1 is 0.968 bits per heavy atom. The zero-order valence-corrected chi connectivity index (χ0v) is 17.5. The van der Waals surface area contributed by atoms with E-state index in [-0.39, 0.29) is 17.5 Å². The molecule has 0 radical (unpaired) electrons. The number of benzene rings is 2. The predicted molar refractivity (Wildman–Crippen MR) is 119 cm³/mol. The van der Waals surface area contributed by atoms with Gasteiger partial charge in [0.2, 0.25) is 5.95 Å². The van der Waals surface area contributed by atoms with E-state index in [9.17, 15) is 13.2 Å². The highest BCUT2D eigenvalue weighted by atomic mass is 32.1. The second-order valence-corrected chi connectivity index (χ2v) is 8.43. The number of nitrogens with zero attached hydrogens (tertiary/aromatic N) is 2. The van der Waals surface area contributed by atoms with Crippen LogP contribution in [0.1, 0.15) is 30.4 Å². The molecular formula is C23H21F3N4S. The maximum absolute atomic E-state index is 13.4. The van der Waals surface area contributed by atoms with Gasteiger partial charge in [0.25, 0.3) is 6.43 Å². The van der Waals surface area contributed by atoms with E-state index in [0.717, 1.165) is 31.9 Å². The van der Waals surface area contributed by atoms with Crippen LogP contribution in [0, 0.1) is 5.95 Å². The molecule has 0 aliphatic rings. The van der Waals surface area contributed by atoms with Gasteiger partial charge in [-0.25, -0.2) is 18.7 Å². The lowest BCUT2D eigenvalue weighted by Gasteiger charge is -2.21. The molecule has 8 heteroatoms. The number of halogens is 3. The normalized spacial score (nSPS) is 13.5. The minimum Gasteiger partial charge on any atom is -0.360 e. The van der Waals surface area contributed by atoms with E-state index in [2.05, 4.69) is 15.3 Å². The van der Waals surface area contributed by atoms with Crippen molar-refractivity contribution in [1.29, 1.82) is 0 Å². The molecule has 4 rings (SSSR count). The molecule has 0 fully saturated rings. The minimum atomic E-state index is -2.47. The van der Waals surface area contributed by atoms with E-state index < -0.39 is 12.4 Å². The fourth-order valence-corrected chi connectivity index (χ4v) is 4.15. The molecule has 0 saturated heterocycles. The largest absolute Gasteiger partial charge is 0.360 e. The van der Waals surface area contributed by atoms with Gasteiger partial charge >= 0.3 is 0 Å². The summed E-state index contributed by atoms with van der Waals surface area (Å²) in [6.45, 7) is 2.46. The molecule has 4 nitrogen and oxygen atoms in total. The summed E-state index contributed by atoms with van der Waals surface area (Å²) in [5.41, 5.74) is 8.18. The van der Waals surface area contributed by atoms with Crippen LogP contribution in [0.15, 0.2) is 60.9 Å². The lowest BCUT2D eigenvalue weighted by Crippen LogP contribution is -2.34. The first-order valence-electron chi connectivity index (χ1n) is 9.79. The van der Waals surface area contributed by atoms with Crippen LogP contribution >= 0.6 is 11.3 Å². The van der Waals surface area contributed by atoms with Gasteiger partial charge in [-0.2, -0.15) is 4.39 Å². The quantitative estimate of drug-likeness (QED) is 0.346. The number of thiazole rings is 1. The van der Waals surface area contributed by atoms with Gasteiger partial charge in [-0.05, 0) is 28.5 Å². The third kappa shape index (κ3) is 4.86. The van der Waals surface area contributed by atoms with Crippen molar-refractivity contribution in [2.24, 2.45) is 5.73 Å². The maximum Gasteiger partial charge on any atom is 0.263 e. The molecule has 0 spiro atoms. The number of hydrogen-bond donors (Lipinski definition) is 2. The Morgan fingerprint density at radius 3 is 2.45 bits per heavy atom. The third-order valence-electron chi connectivity index (χ3n) is 5.32. The first-order valence-corrected chi connectivity index (χ1v) is 10.6. The van der Waals surface area contributed by atoms with Gasteiger partial charge in [-0.1, -0.05) is 54.7 Å². The molecule has 0 amide bonds. The maximum atomic E-state index is 13.4. The average Bonchev–Trinajstić information content (AvgIpc) is 3.25. The number of nitrogens with one attached hydrogen (secondary N) is 1. The van der Waals surface area contributed by atoms with Crippen molar-refractivity contribution in [3.63, 3.8) is 0 Å². The van der Waals surface area contributed by atoms with Gasteiger partial charge in [-0.15, -0.1) is 0 Å². The Labute approximate surface area is 182 Å². The van der Waals surface area contributed by atoms with Crippen molar-refractivity contribution in [3.05, 3.63) is 78.0 Å². The minimum absolute atomic E-state index is 0.00523. The van der Waals surface area contributed by atoms with E-state index in [0.29, 0.717) is 6.54 Å². The Morgan fingerprint density at radius 2 is 1.71 bits per heavy atom. The topological polar surface area (TPSA) is 63.8 Å². The van der Waals surface area contributed by atoms with Gasteiger partial charge in [0, 0.05) is 42.0 Å². The van der Waals surface area contributed by atoms with Gasteiger partial charge < -0.3 is 11.1 Å². The van der Waals surface area contributed by atoms with Crippen LogP contribution in [0.3, 0.4) is 0 Å². The zero-order chi connectivity index (χ0) is 22.0. The van der Waals surface area contributed by atoms with Crippen LogP contribution in [0.5, 0.6) is 0 Å². The van der Waals surface area contributed by atoms with Crippen molar-refractivity contribution < 1.29 is 13.2 Å². The molecule has 0 saturated carbocycles. The Kier molecular flexibility index (Phi) is 6.20. The third-order valence-corrected chi connectivity index (χ3v) is 6.33. The smallest absolute Gasteiger partial charge is 0.263 e. The van der Waals surface area contributed by atoms with Crippen LogP contribution in [0.2, 0.25) is 0 Å². The highest BCUT2D eigenvalue weighted by Crippen LogP contribution is 2.31. The number of rotatable bonds is 7. The average molecular weight is 443 g/mol. The van der Waals surface area contributed by atoms with Crippen molar-refractivity contribution in [1.82, 2.24) is 9.97 Å². The number of nitrogens with two attached hydrogens (primary N) is 1. The van der Waals surface area contributed by atoms with Gasteiger partial charge in [0.05, 0.1) is 4.88 Å². The lowest BCUT2D eigenvalue weighted by atomic mass is 9.93. The van der Waals surface area contributed by atoms with Crippen LogP contribution < -0.4 is 11.1 Å². The molecule has 1 unspecified atom stereocenters. The number of aromatic nitrogens is 2. The Hall–Kier alpha value is -2.97. The van der Waals surface area contributed by atoms with Crippen molar-refractivity contribution in [3.8, 4) is 10.4 Å². The Balaban J connectivity index is 1.40. The molecular weight excluding hydrogens is 421 g/mol. The zero-order valence-electron chi connectivity index (χ0n) is 16.7. The number of pyridine rings is 1. The van der Waals surface area contributed by atoms with Crippen molar-refractivity contribution in [2.45, 2.75) is 25.3 Å². The SMILES string of the molecule is CC(c1ccc(C(F)F)cc1)[C@H](N)CNc1ncc(-c2ccc3cnc(F)cc3c2)s1. The molecule has 31 heavy (non-hydrogen) atoms. The van der Waals surface area contributed by atoms with Crippen molar-refractivity contribution in [2.75, 3.05) is 11.9 Å². The molecule has 0 aliphatic heterocycles. The van der Waals surface area contributed by atoms with Gasteiger partial charge in [0.1, 0.15) is 0 Å². The van der Waals surface area contributed by atoms with Crippen LogP contribution in [0.4, 0.5) is 18.3 Å². The molecule has 160 valence electrons. The fourth-order valence-electron chi connectivity index (χ4n) is 3.33. The summed E-state index contributed by atoms with van der Waals surface area (Å²) in [7, 11) is 0. The first-order chi connectivity index (χ1) is 14.9.